The Hall–Kier alpha value is -6.36. The van der Waals surface area contributed by atoms with Crippen LogP contribution in [0.5, 0.6) is 0 Å². The number of nitrogens with one attached hydrogen (secondary N) is 2. The van der Waals surface area contributed by atoms with Crippen LogP contribution in [0.4, 0.5) is 54.5 Å². The van der Waals surface area contributed by atoms with E-state index in [0.717, 1.165) is 42.7 Å². The van der Waals surface area contributed by atoms with E-state index in [1.165, 1.54) is 13.8 Å². The zero-order valence-corrected chi connectivity index (χ0v) is 44.7. The summed E-state index contributed by atoms with van der Waals surface area (Å²) in [7, 11) is -13.9. The van der Waals surface area contributed by atoms with Crippen molar-refractivity contribution in [1.82, 2.24) is 35.2 Å². The molecule has 5 aromatic rings. The van der Waals surface area contributed by atoms with Gasteiger partial charge in [0.15, 0.2) is 21.3 Å². The third-order valence-electron chi connectivity index (χ3n) is 13.2. The van der Waals surface area contributed by atoms with Crippen molar-refractivity contribution in [2.75, 3.05) is 30.2 Å². The number of phosphoric acid groups is 1. The van der Waals surface area contributed by atoms with Crippen LogP contribution in [0.15, 0.2) is 42.5 Å². The number of rotatable bonds is 17. The van der Waals surface area contributed by atoms with Crippen LogP contribution in [0.2, 0.25) is 5.02 Å². The van der Waals surface area contributed by atoms with Gasteiger partial charge < -0.3 is 25.2 Å². The number of halogens is 11. The number of sulfonamides is 1. The number of nitrogens with zero attached hydrogens (tertiary/aromatic N) is 6. The summed E-state index contributed by atoms with van der Waals surface area (Å²) in [6.45, 7) is -2.56. The summed E-state index contributed by atoms with van der Waals surface area (Å²) in [5.41, 5.74) is -6.25. The lowest BCUT2D eigenvalue weighted by Crippen LogP contribution is -2.39. The van der Waals surface area contributed by atoms with Gasteiger partial charge in [0.05, 0.1) is 33.9 Å². The number of aromatic nitrogens is 5. The number of phosphoric ester groups is 1. The van der Waals surface area contributed by atoms with Crippen LogP contribution in [-0.4, -0.2) is 106 Å². The average Bonchev–Trinajstić information content (AvgIpc) is 4.25. The molecule has 0 radical (unpaired) electrons. The number of anilines is 1. The largest absolute Gasteiger partial charge is 0.472 e. The summed E-state index contributed by atoms with van der Waals surface area (Å²) >= 11 is 6.69. The Kier molecular flexibility index (Phi) is 15.6. The fourth-order valence-corrected chi connectivity index (χ4v) is 10.7. The van der Waals surface area contributed by atoms with Crippen LogP contribution in [0.1, 0.15) is 72.6 Å². The van der Waals surface area contributed by atoms with E-state index in [2.05, 4.69) is 46.9 Å². The smallest absolute Gasteiger partial charge is 0.422 e. The maximum absolute atomic E-state index is 15.6. The molecule has 432 valence electrons. The van der Waals surface area contributed by atoms with Gasteiger partial charge in [-0.05, 0) is 86.8 Å². The maximum Gasteiger partial charge on any atom is 0.472 e. The molecule has 2 saturated carbocycles. The molecule has 0 spiro atoms. The molecule has 34 heteroatoms. The summed E-state index contributed by atoms with van der Waals surface area (Å²) in [5, 5.41) is 10.7. The molecular weight excluding hydrogens is 1180 g/mol. The van der Waals surface area contributed by atoms with Crippen molar-refractivity contribution in [2.45, 2.75) is 81.2 Å². The predicted molar refractivity (Wildman–Crippen MR) is 259 cm³/mol. The minimum absolute atomic E-state index is 0.0703. The third-order valence-corrected chi connectivity index (χ3v) is 16.9. The van der Waals surface area contributed by atoms with Crippen molar-refractivity contribution in [1.29, 1.82) is 0 Å². The van der Waals surface area contributed by atoms with Crippen molar-refractivity contribution in [3.63, 3.8) is 0 Å². The van der Waals surface area contributed by atoms with Crippen molar-refractivity contribution >= 4 is 73.9 Å². The summed E-state index contributed by atoms with van der Waals surface area (Å²) < 4.78 is 219. The van der Waals surface area contributed by atoms with Gasteiger partial charge in [0.25, 0.3) is 5.92 Å². The zero-order chi connectivity index (χ0) is 59.2. The Balaban J connectivity index is 1.28. The average molecular weight is 1220 g/mol. The lowest BCUT2D eigenvalue weighted by Gasteiger charge is -2.23. The molecule has 0 unspecified atom stereocenters. The first-order chi connectivity index (χ1) is 36.8. The van der Waals surface area contributed by atoms with Crippen molar-refractivity contribution in [2.24, 2.45) is 17.8 Å². The molecule has 0 saturated heterocycles. The number of carbonyl (C=O) groups is 3. The number of pyridine rings is 1. The Bertz CT molecular complexity index is 3710. The quantitative estimate of drug-likeness (QED) is 0.0315. The van der Waals surface area contributed by atoms with Gasteiger partial charge in [-0.3, -0.25) is 19.0 Å². The SMILES string of the molecule is CC(C)(C#Cc1ccc(-c2ccc(Cl)c3c(N(C(=O)[C@H]4C[C@H]4CNC(=O)OCOP(=O)(O)O)S(C)(=O)=O)nn(CC(F)(F)F)c23)c([C@H](Cc2cc(F)cc(F)c2)NC(=O)Cn2nc(C(F)(F)F)c3c2C(F)(F)[C@@H]2C[C@H]32)n1)S(C)(=O)=O. The van der Waals surface area contributed by atoms with Gasteiger partial charge in [-0.2, -0.15) is 49.6 Å². The first kappa shape index (κ1) is 59.8. The number of benzene rings is 2. The van der Waals surface area contributed by atoms with E-state index in [-0.39, 0.29) is 43.3 Å². The molecule has 5 atom stereocenters. The monoisotopic (exact) mass is 1220 g/mol. The number of fused-ring (bicyclic) bond motifs is 4. The number of ether oxygens (including phenoxy) is 1. The van der Waals surface area contributed by atoms with Crippen molar-refractivity contribution in [3.05, 3.63) is 93.0 Å². The van der Waals surface area contributed by atoms with Crippen LogP contribution < -0.4 is 14.9 Å². The van der Waals surface area contributed by atoms with E-state index >= 15 is 8.78 Å². The normalized spacial score (nSPS) is 19.1. The highest BCUT2D eigenvalue weighted by molar-refractivity contribution is 7.93. The summed E-state index contributed by atoms with van der Waals surface area (Å²) in [6.07, 6.45) is -11.6. The lowest BCUT2D eigenvalue weighted by atomic mass is 9.93. The van der Waals surface area contributed by atoms with E-state index in [0.29, 0.717) is 12.3 Å². The number of alkyl halides is 8. The first-order valence-corrected chi connectivity index (χ1v) is 28.9. The van der Waals surface area contributed by atoms with Gasteiger partial charge >= 0.3 is 26.3 Å². The standard InChI is InChI=1S/C46H42ClF10N8O12PS2/c1-43(2,79(3,72)73)10-9-25-5-6-26(36(59-25)32(13-21-11-23(48)15-24(49)12-21)60-33(66)18-63-39-34(38(61-63)46(55,56)57)29-16-30(29)45(39,53)54)27-7-8-31(47)35-37(27)64(19-44(50,51)52)62-40(35)65(80(4,74)75)41(67)28-14-22(28)17-58-42(68)76-20-77-78(69,70)71/h5-8,11-12,15,22,28-30,32H,13-14,16-20H2,1-4H3,(H,58,68)(H,60,66)(H2,69,70,71)/t22-,28-,29-,30+,32-/m0/s1. The number of hydrogen-bond acceptors (Lipinski definition) is 13. The number of amides is 3. The molecule has 3 heterocycles. The van der Waals surface area contributed by atoms with Crippen LogP contribution >= 0.6 is 19.4 Å². The van der Waals surface area contributed by atoms with Gasteiger partial charge in [-0.25, -0.2) is 44.5 Å². The molecular formula is C46H42ClF10N8O12PS2. The van der Waals surface area contributed by atoms with Gasteiger partial charge in [0.1, 0.15) is 40.9 Å². The molecule has 8 rings (SSSR count). The minimum Gasteiger partial charge on any atom is -0.422 e. The van der Waals surface area contributed by atoms with Crippen LogP contribution in [0, 0.1) is 41.2 Å². The molecule has 2 fully saturated rings. The molecule has 20 nitrogen and oxygen atoms in total. The summed E-state index contributed by atoms with van der Waals surface area (Å²) in [4.78, 5) is 62.7. The summed E-state index contributed by atoms with van der Waals surface area (Å²) in [6, 6.07) is 4.50. The molecule has 4 N–H and O–H groups in total. The Morgan fingerprint density at radius 2 is 1.61 bits per heavy atom. The van der Waals surface area contributed by atoms with E-state index < -0.39 is 193 Å². The van der Waals surface area contributed by atoms with Gasteiger partial charge in [0, 0.05) is 47.4 Å². The second-order valence-electron chi connectivity index (χ2n) is 19.5. The molecule has 0 aliphatic heterocycles. The fraction of sp³-hybridized carbons (Fsp3) is 0.435. The molecule has 3 aliphatic rings. The Morgan fingerprint density at radius 3 is 2.21 bits per heavy atom. The lowest BCUT2D eigenvalue weighted by molar-refractivity contribution is -0.143. The number of sulfone groups is 1. The summed E-state index contributed by atoms with van der Waals surface area (Å²) in [5.74, 6) is -9.71. The molecule has 3 aromatic heterocycles. The topological polar surface area (TPSA) is 271 Å². The fourth-order valence-electron chi connectivity index (χ4n) is 9.17. The number of carbonyl (C=O) groups excluding carboxylic acids is 3. The van der Waals surface area contributed by atoms with Crippen LogP contribution in [-0.2, 0) is 74.9 Å². The number of alkyl carbamates (subject to hydrolysis) is 1. The highest BCUT2D eigenvalue weighted by atomic mass is 35.5. The van der Waals surface area contributed by atoms with E-state index in [1.807, 2.05) is 0 Å². The molecule has 2 aromatic carbocycles. The Morgan fingerprint density at radius 1 is 0.963 bits per heavy atom. The van der Waals surface area contributed by atoms with E-state index in [4.69, 9.17) is 21.4 Å². The second kappa shape index (κ2) is 20.9. The zero-order valence-electron chi connectivity index (χ0n) is 41.5. The third kappa shape index (κ3) is 12.7. The molecule has 0 bridgehead atoms. The van der Waals surface area contributed by atoms with E-state index in [1.54, 1.807) is 0 Å². The highest BCUT2D eigenvalue weighted by Gasteiger charge is 2.68. The van der Waals surface area contributed by atoms with Crippen LogP contribution in [0.3, 0.4) is 0 Å². The van der Waals surface area contributed by atoms with Crippen LogP contribution in [0.25, 0.3) is 22.0 Å². The van der Waals surface area contributed by atoms with Gasteiger partial charge in [0.2, 0.25) is 28.6 Å². The molecule has 3 amide bonds. The first-order valence-electron chi connectivity index (χ1n) is 23.2. The van der Waals surface area contributed by atoms with Gasteiger partial charge in [-0.15, -0.1) is 0 Å². The van der Waals surface area contributed by atoms with Gasteiger partial charge in [-0.1, -0.05) is 23.6 Å². The van der Waals surface area contributed by atoms with E-state index in [9.17, 15) is 70.9 Å². The highest BCUT2D eigenvalue weighted by Crippen LogP contribution is 2.68. The maximum atomic E-state index is 15.6. The van der Waals surface area contributed by atoms with Crippen molar-refractivity contribution in [3.8, 4) is 23.0 Å². The minimum atomic E-state index is -5.25. The van der Waals surface area contributed by atoms with Crippen molar-refractivity contribution < 1.29 is 98.7 Å². The molecule has 80 heavy (non-hydrogen) atoms. The Labute approximate surface area is 451 Å². The number of hydrogen-bond donors (Lipinski definition) is 4. The second-order valence-corrected chi connectivity index (χ2v) is 25.6. The predicted octanol–water partition coefficient (Wildman–Crippen LogP) is 7.01. The molecule has 3 aliphatic carbocycles.